The van der Waals surface area contributed by atoms with Crippen LogP contribution in [-0.2, 0) is 4.74 Å². The number of halogens is 1. The van der Waals surface area contributed by atoms with Gasteiger partial charge >= 0.3 is 0 Å². The molecule has 0 heterocycles. The van der Waals surface area contributed by atoms with E-state index < -0.39 is 0 Å². The number of ether oxygens (including phenoxy) is 1. The van der Waals surface area contributed by atoms with Crippen molar-refractivity contribution in [2.24, 2.45) is 0 Å². The molecular formula is C10H20ClNO. The van der Waals surface area contributed by atoms with Crippen molar-refractivity contribution in [3.8, 4) is 0 Å². The first-order valence-corrected chi connectivity index (χ1v) is 5.75. The average Bonchev–Trinajstić information content (AvgIpc) is 2.62. The first kappa shape index (κ1) is 11.3. The van der Waals surface area contributed by atoms with Gasteiger partial charge in [0.2, 0.25) is 0 Å². The van der Waals surface area contributed by atoms with Crippen LogP contribution in [0.15, 0.2) is 0 Å². The van der Waals surface area contributed by atoms with Gasteiger partial charge in [0.05, 0.1) is 6.61 Å². The van der Waals surface area contributed by atoms with Gasteiger partial charge in [0.15, 0.2) is 0 Å². The predicted octanol–water partition coefficient (Wildman–Crippen LogP) is 2.16. The molecule has 1 rings (SSSR count). The van der Waals surface area contributed by atoms with Crippen LogP contribution in [0.5, 0.6) is 0 Å². The minimum Gasteiger partial charge on any atom is -0.380 e. The summed E-state index contributed by atoms with van der Waals surface area (Å²) in [6.07, 6.45) is 5.08. The van der Waals surface area contributed by atoms with Crippen molar-refractivity contribution >= 4 is 11.6 Å². The maximum absolute atomic E-state index is 5.97. The van der Waals surface area contributed by atoms with E-state index in [1.807, 2.05) is 6.92 Å². The Balaban J connectivity index is 2.16. The van der Waals surface area contributed by atoms with Crippen molar-refractivity contribution in [2.75, 3.05) is 25.6 Å². The van der Waals surface area contributed by atoms with Gasteiger partial charge in [-0.15, -0.1) is 11.6 Å². The summed E-state index contributed by atoms with van der Waals surface area (Å²) in [6, 6.07) is 0. The molecule has 0 bridgehead atoms. The van der Waals surface area contributed by atoms with Crippen LogP contribution in [0.1, 0.15) is 32.6 Å². The summed E-state index contributed by atoms with van der Waals surface area (Å²) in [7, 11) is 0. The summed E-state index contributed by atoms with van der Waals surface area (Å²) < 4.78 is 5.28. The van der Waals surface area contributed by atoms with E-state index in [2.05, 4.69) is 5.32 Å². The van der Waals surface area contributed by atoms with Crippen molar-refractivity contribution in [3.63, 3.8) is 0 Å². The average molecular weight is 206 g/mol. The molecule has 1 saturated carbocycles. The van der Waals surface area contributed by atoms with E-state index in [4.69, 9.17) is 16.3 Å². The third kappa shape index (κ3) is 3.45. The molecular weight excluding hydrogens is 186 g/mol. The molecule has 0 atom stereocenters. The Morgan fingerprint density at radius 2 is 2.08 bits per heavy atom. The van der Waals surface area contributed by atoms with E-state index in [9.17, 15) is 0 Å². The van der Waals surface area contributed by atoms with Crippen LogP contribution in [0.3, 0.4) is 0 Å². The van der Waals surface area contributed by atoms with Crippen LogP contribution in [0.2, 0.25) is 0 Å². The van der Waals surface area contributed by atoms with Crippen molar-refractivity contribution in [1.82, 2.24) is 5.32 Å². The van der Waals surface area contributed by atoms with Crippen molar-refractivity contribution in [2.45, 2.75) is 38.1 Å². The van der Waals surface area contributed by atoms with Crippen molar-refractivity contribution in [1.29, 1.82) is 0 Å². The van der Waals surface area contributed by atoms with Gasteiger partial charge in [-0.1, -0.05) is 12.8 Å². The van der Waals surface area contributed by atoms with E-state index in [1.54, 1.807) is 0 Å². The third-order valence-corrected chi connectivity index (χ3v) is 3.28. The highest BCUT2D eigenvalue weighted by Gasteiger charge is 2.31. The lowest BCUT2D eigenvalue weighted by atomic mass is 10.0. The fourth-order valence-electron chi connectivity index (χ4n) is 1.94. The zero-order valence-electron chi connectivity index (χ0n) is 8.44. The van der Waals surface area contributed by atoms with E-state index in [-0.39, 0.29) is 5.54 Å². The molecule has 0 aliphatic heterocycles. The van der Waals surface area contributed by atoms with Crippen LogP contribution in [0.25, 0.3) is 0 Å². The zero-order valence-corrected chi connectivity index (χ0v) is 9.20. The molecule has 3 heteroatoms. The first-order chi connectivity index (χ1) is 6.33. The Morgan fingerprint density at radius 3 is 2.62 bits per heavy atom. The third-order valence-electron chi connectivity index (χ3n) is 2.77. The Labute approximate surface area is 86.0 Å². The first-order valence-electron chi connectivity index (χ1n) is 5.22. The maximum Gasteiger partial charge on any atom is 0.0590 e. The minimum absolute atomic E-state index is 0.221. The second-order valence-electron chi connectivity index (χ2n) is 3.74. The van der Waals surface area contributed by atoms with Crippen LogP contribution in [0.4, 0.5) is 0 Å². The molecule has 0 aromatic rings. The number of alkyl halides is 1. The van der Waals surface area contributed by atoms with Crippen molar-refractivity contribution < 1.29 is 4.74 Å². The Hall–Kier alpha value is 0.210. The monoisotopic (exact) mass is 205 g/mol. The number of hydrogen-bond donors (Lipinski definition) is 1. The summed E-state index contributed by atoms with van der Waals surface area (Å²) in [6.45, 7) is 4.55. The van der Waals surface area contributed by atoms with E-state index in [0.29, 0.717) is 0 Å². The van der Waals surface area contributed by atoms with Gasteiger partial charge in [-0.05, 0) is 19.8 Å². The van der Waals surface area contributed by atoms with Gasteiger partial charge in [-0.2, -0.15) is 0 Å². The molecule has 13 heavy (non-hydrogen) atoms. The largest absolute Gasteiger partial charge is 0.380 e. The van der Waals surface area contributed by atoms with Crippen LogP contribution < -0.4 is 5.32 Å². The Kier molecular flexibility index (Phi) is 5.07. The Bertz CT molecular complexity index is 135. The molecule has 0 amide bonds. The lowest BCUT2D eigenvalue weighted by Gasteiger charge is -2.27. The SMILES string of the molecule is CCOCCNC1(CCl)CCCC1. The molecule has 2 nitrogen and oxygen atoms in total. The molecule has 0 aromatic carbocycles. The number of hydrogen-bond acceptors (Lipinski definition) is 2. The molecule has 0 spiro atoms. The smallest absolute Gasteiger partial charge is 0.0590 e. The van der Waals surface area contributed by atoms with E-state index in [0.717, 1.165) is 25.6 Å². The zero-order chi connectivity index (χ0) is 9.57. The Morgan fingerprint density at radius 1 is 1.38 bits per heavy atom. The topological polar surface area (TPSA) is 21.3 Å². The standard InChI is InChI=1S/C10H20ClNO/c1-2-13-8-7-12-10(9-11)5-3-4-6-10/h12H,2-9H2,1H3. The summed E-state index contributed by atoms with van der Waals surface area (Å²) in [5, 5.41) is 3.52. The van der Waals surface area contributed by atoms with Crippen LogP contribution in [-0.4, -0.2) is 31.2 Å². The van der Waals surface area contributed by atoms with Gasteiger partial charge in [0.1, 0.15) is 0 Å². The molecule has 1 fully saturated rings. The second kappa shape index (κ2) is 5.84. The minimum atomic E-state index is 0.221. The van der Waals surface area contributed by atoms with Gasteiger partial charge in [-0.25, -0.2) is 0 Å². The van der Waals surface area contributed by atoms with Gasteiger partial charge in [-0.3, -0.25) is 0 Å². The molecule has 78 valence electrons. The highest BCUT2D eigenvalue weighted by molar-refractivity contribution is 6.18. The summed E-state index contributed by atoms with van der Waals surface area (Å²) >= 11 is 5.97. The molecule has 0 unspecified atom stereocenters. The molecule has 1 aliphatic carbocycles. The fourth-order valence-corrected chi connectivity index (χ4v) is 2.30. The fraction of sp³-hybridized carbons (Fsp3) is 1.00. The van der Waals surface area contributed by atoms with Gasteiger partial charge < -0.3 is 10.1 Å². The quantitative estimate of drug-likeness (QED) is 0.530. The molecule has 0 aromatic heterocycles. The van der Waals surface area contributed by atoms with E-state index >= 15 is 0 Å². The summed E-state index contributed by atoms with van der Waals surface area (Å²) in [5.74, 6) is 0.735. The highest BCUT2D eigenvalue weighted by Crippen LogP contribution is 2.30. The lowest BCUT2D eigenvalue weighted by Crippen LogP contribution is -2.45. The predicted molar refractivity (Wildman–Crippen MR) is 56.4 cm³/mol. The maximum atomic E-state index is 5.97. The summed E-state index contributed by atoms with van der Waals surface area (Å²) in [5.41, 5.74) is 0.221. The molecule has 1 N–H and O–H groups in total. The lowest BCUT2D eigenvalue weighted by molar-refractivity contribution is 0.141. The number of rotatable bonds is 6. The van der Waals surface area contributed by atoms with Crippen LogP contribution >= 0.6 is 11.6 Å². The van der Waals surface area contributed by atoms with E-state index in [1.165, 1.54) is 25.7 Å². The molecule has 1 aliphatic rings. The second-order valence-corrected chi connectivity index (χ2v) is 4.01. The highest BCUT2D eigenvalue weighted by atomic mass is 35.5. The van der Waals surface area contributed by atoms with Crippen molar-refractivity contribution in [3.05, 3.63) is 0 Å². The van der Waals surface area contributed by atoms with Crippen LogP contribution in [0, 0.1) is 0 Å². The van der Waals surface area contributed by atoms with Gasteiger partial charge in [0.25, 0.3) is 0 Å². The normalized spacial score (nSPS) is 20.8. The molecule has 0 saturated heterocycles. The summed E-state index contributed by atoms with van der Waals surface area (Å²) in [4.78, 5) is 0. The van der Waals surface area contributed by atoms with Gasteiger partial charge in [0, 0.05) is 24.6 Å². The number of nitrogens with one attached hydrogen (secondary N) is 1. The molecule has 0 radical (unpaired) electrons.